The summed E-state index contributed by atoms with van der Waals surface area (Å²) < 4.78 is 0. The van der Waals surface area contributed by atoms with Crippen molar-refractivity contribution in [1.82, 2.24) is 0 Å². The van der Waals surface area contributed by atoms with E-state index < -0.39 is 8.07 Å². The van der Waals surface area contributed by atoms with Gasteiger partial charge in [0.25, 0.3) is 0 Å². The zero-order chi connectivity index (χ0) is 19.4. The lowest BCUT2D eigenvalue weighted by Crippen LogP contribution is -2.51. The van der Waals surface area contributed by atoms with Crippen molar-refractivity contribution in [1.29, 1.82) is 0 Å². The molecule has 0 unspecified atom stereocenters. The molecule has 0 spiro atoms. The van der Waals surface area contributed by atoms with E-state index in [9.17, 15) is 0 Å². The first-order chi connectivity index (χ1) is 12.0. The van der Waals surface area contributed by atoms with E-state index in [0.29, 0.717) is 0 Å². The predicted molar refractivity (Wildman–Crippen MR) is 119 cm³/mol. The van der Waals surface area contributed by atoms with Crippen molar-refractivity contribution >= 4 is 18.4 Å². The van der Waals surface area contributed by atoms with Crippen LogP contribution in [0, 0.1) is 47.0 Å². The van der Waals surface area contributed by atoms with Crippen LogP contribution in [-0.2, 0) is 0 Å². The summed E-state index contributed by atoms with van der Waals surface area (Å²) in [6, 6.07) is 10.9. The van der Waals surface area contributed by atoms with Crippen molar-refractivity contribution in [3.63, 3.8) is 0 Å². The molecule has 1 aliphatic heterocycles. The second kappa shape index (κ2) is 6.23. The molecule has 0 N–H and O–H groups in total. The van der Waals surface area contributed by atoms with Crippen LogP contribution in [0.2, 0.25) is 6.04 Å². The van der Waals surface area contributed by atoms with Gasteiger partial charge < -0.3 is 0 Å². The lowest BCUT2D eigenvalue weighted by atomic mass is 9.97. The van der Waals surface area contributed by atoms with Crippen LogP contribution in [0.15, 0.2) is 35.5 Å². The van der Waals surface area contributed by atoms with Gasteiger partial charge in [-0.05, 0) is 63.4 Å². The van der Waals surface area contributed by atoms with Gasteiger partial charge in [-0.15, -0.1) is 0 Å². The number of aryl methyl sites for hydroxylation is 6. The lowest BCUT2D eigenvalue weighted by molar-refractivity contribution is 0.543. The Kier molecular flexibility index (Phi) is 4.59. The van der Waals surface area contributed by atoms with E-state index in [1.54, 1.807) is 15.6 Å². The topological polar surface area (TPSA) is 0 Å². The van der Waals surface area contributed by atoms with Crippen LogP contribution < -0.4 is 10.4 Å². The van der Waals surface area contributed by atoms with Gasteiger partial charge in [-0.3, -0.25) is 0 Å². The molecule has 2 aromatic carbocycles. The maximum atomic E-state index is 2.58. The first kappa shape index (κ1) is 19.2. The number of allylic oxidation sites excluding steroid dienone is 2. The van der Waals surface area contributed by atoms with E-state index in [0.717, 1.165) is 0 Å². The average molecular weight is 363 g/mol. The van der Waals surface area contributed by atoms with Crippen molar-refractivity contribution in [3.05, 3.63) is 68.9 Å². The highest BCUT2D eigenvalue weighted by atomic mass is 28.3. The van der Waals surface area contributed by atoms with Gasteiger partial charge in [-0.1, -0.05) is 89.7 Å². The zero-order valence-corrected chi connectivity index (χ0v) is 19.1. The molecule has 3 rings (SSSR count). The largest absolute Gasteiger partial charge is 0.148 e. The highest BCUT2D eigenvalue weighted by molar-refractivity contribution is 7.17. The molecule has 1 heterocycles. The monoisotopic (exact) mass is 362 g/mol. The molecule has 0 aliphatic carbocycles. The fraction of sp³-hybridized carbons (Fsp3) is 0.440. The van der Waals surface area contributed by atoms with Crippen LogP contribution in [0.3, 0.4) is 0 Å². The smallest absolute Gasteiger partial charge is 0.0833 e. The summed E-state index contributed by atoms with van der Waals surface area (Å²) in [5.74, 6) is 0. The van der Waals surface area contributed by atoms with Crippen LogP contribution in [0.25, 0.3) is 0 Å². The highest BCUT2D eigenvalue weighted by Crippen LogP contribution is 2.45. The van der Waals surface area contributed by atoms with Gasteiger partial charge in [0.05, 0.1) is 0 Å². The van der Waals surface area contributed by atoms with Gasteiger partial charge in [0, 0.05) is 0 Å². The van der Waals surface area contributed by atoms with Crippen LogP contribution in [0.1, 0.15) is 54.2 Å². The van der Waals surface area contributed by atoms with Crippen molar-refractivity contribution in [2.24, 2.45) is 5.41 Å². The Labute approximate surface area is 161 Å². The number of rotatable bonds is 2. The number of hydrogen-bond acceptors (Lipinski definition) is 0. The van der Waals surface area contributed by atoms with Gasteiger partial charge in [-0.2, -0.15) is 0 Å². The molecule has 2 aromatic rings. The predicted octanol–water partition coefficient (Wildman–Crippen LogP) is 5.63. The van der Waals surface area contributed by atoms with Crippen LogP contribution >= 0.6 is 0 Å². The second-order valence-corrected chi connectivity index (χ2v) is 13.5. The molecular formula is C25H34Si. The molecule has 1 fully saturated rings. The maximum absolute atomic E-state index is 2.58. The Morgan fingerprint density at radius 2 is 1.04 bits per heavy atom. The molecular weight excluding hydrogens is 328 g/mol. The van der Waals surface area contributed by atoms with Crippen molar-refractivity contribution < 1.29 is 0 Å². The maximum Gasteiger partial charge on any atom is 0.148 e. The molecule has 0 radical (unpaired) electrons. The minimum atomic E-state index is -1.81. The van der Waals surface area contributed by atoms with Gasteiger partial charge >= 0.3 is 0 Å². The molecule has 0 amide bonds. The lowest BCUT2D eigenvalue weighted by Gasteiger charge is -2.25. The fourth-order valence-electron chi connectivity index (χ4n) is 5.27. The van der Waals surface area contributed by atoms with Gasteiger partial charge in [-0.25, -0.2) is 0 Å². The minimum Gasteiger partial charge on any atom is -0.0833 e. The second-order valence-electron chi connectivity index (χ2n) is 9.67. The summed E-state index contributed by atoms with van der Waals surface area (Å²) in [5.41, 5.74) is 8.97. The zero-order valence-electron chi connectivity index (χ0n) is 18.1. The SMILES string of the molecule is Cc1cc(C)c([Si]2(c3c(C)cc(C)cc3C)C/C2=C\C(C)(C)C)c(C)c1. The van der Waals surface area contributed by atoms with Crippen molar-refractivity contribution in [2.45, 2.75) is 68.4 Å². The Morgan fingerprint density at radius 1 is 0.692 bits per heavy atom. The molecule has 0 aromatic heterocycles. The molecule has 0 atom stereocenters. The van der Waals surface area contributed by atoms with Crippen LogP contribution in [0.5, 0.6) is 0 Å². The Balaban J connectivity index is 2.35. The normalized spacial score (nSPS) is 17.7. The molecule has 138 valence electrons. The van der Waals surface area contributed by atoms with Gasteiger partial charge in [0.1, 0.15) is 8.07 Å². The summed E-state index contributed by atoms with van der Waals surface area (Å²) in [7, 11) is -1.81. The summed E-state index contributed by atoms with van der Waals surface area (Å²) in [6.45, 7) is 20.8. The molecule has 0 bridgehead atoms. The first-order valence-corrected chi connectivity index (χ1v) is 12.1. The first-order valence-electron chi connectivity index (χ1n) is 9.84. The van der Waals surface area contributed by atoms with Crippen LogP contribution in [-0.4, -0.2) is 8.07 Å². The molecule has 26 heavy (non-hydrogen) atoms. The third kappa shape index (κ3) is 3.22. The molecule has 1 heteroatoms. The highest BCUT2D eigenvalue weighted by Gasteiger charge is 2.57. The third-order valence-electron chi connectivity index (χ3n) is 5.69. The van der Waals surface area contributed by atoms with E-state index in [2.05, 4.69) is 92.7 Å². The van der Waals surface area contributed by atoms with E-state index in [-0.39, 0.29) is 5.41 Å². The van der Waals surface area contributed by atoms with E-state index >= 15 is 0 Å². The van der Waals surface area contributed by atoms with Crippen molar-refractivity contribution in [2.75, 3.05) is 0 Å². The Morgan fingerprint density at radius 3 is 1.35 bits per heavy atom. The van der Waals surface area contributed by atoms with E-state index in [4.69, 9.17) is 0 Å². The fourth-order valence-corrected chi connectivity index (χ4v) is 11.3. The Hall–Kier alpha value is -1.60. The molecule has 0 saturated carbocycles. The third-order valence-corrected chi connectivity index (χ3v) is 10.9. The average Bonchev–Trinajstić information content (AvgIpc) is 3.07. The summed E-state index contributed by atoms with van der Waals surface area (Å²) in [4.78, 5) is 0. The summed E-state index contributed by atoms with van der Waals surface area (Å²) in [6.07, 6.45) is 2.58. The number of hydrogen-bond donors (Lipinski definition) is 0. The number of benzene rings is 2. The minimum absolute atomic E-state index is 0.239. The Bertz CT molecular complexity index is 803. The van der Waals surface area contributed by atoms with Gasteiger partial charge in [0.15, 0.2) is 0 Å². The van der Waals surface area contributed by atoms with Gasteiger partial charge in [0.2, 0.25) is 0 Å². The van der Waals surface area contributed by atoms with Crippen LogP contribution in [0.4, 0.5) is 0 Å². The molecule has 1 saturated heterocycles. The van der Waals surface area contributed by atoms with E-state index in [1.165, 1.54) is 39.4 Å². The summed E-state index contributed by atoms with van der Waals surface area (Å²) >= 11 is 0. The standard InChI is InChI=1S/C25H34Si/c1-16-10-18(3)23(19(4)11-16)26(15-22(26)14-25(7,8)9)24-20(5)12-17(2)13-21(24)6/h10-14H,15H2,1-9H3/b22-14+. The molecule has 0 nitrogen and oxygen atoms in total. The van der Waals surface area contributed by atoms with E-state index in [1.807, 2.05) is 0 Å². The van der Waals surface area contributed by atoms with Crippen molar-refractivity contribution in [3.8, 4) is 0 Å². The quantitative estimate of drug-likeness (QED) is 0.608. The molecule has 1 aliphatic rings. The summed E-state index contributed by atoms with van der Waals surface area (Å²) in [5, 5.41) is 5.08.